The molecule has 0 aliphatic heterocycles. The summed E-state index contributed by atoms with van der Waals surface area (Å²) in [5, 5.41) is 27.2. The van der Waals surface area contributed by atoms with E-state index in [2.05, 4.69) is 16.0 Å². The number of rotatable bonds is 17. The van der Waals surface area contributed by atoms with Gasteiger partial charge in [0.05, 0.1) is 6.04 Å². The number of aliphatic carboxylic acids is 1. The van der Waals surface area contributed by atoms with Crippen LogP contribution in [0, 0.1) is 11.8 Å². The number of nitrogens with one attached hydrogen (secondary N) is 3. The van der Waals surface area contributed by atoms with Gasteiger partial charge in [0.2, 0.25) is 17.7 Å². The normalized spacial score (nSPS) is 15.1. The van der Waals surface area contributed by atoms with Crippen LogP contribution >= 0.6 is 0 Å². The first kappa shape index (κ1) is 32.8. The number of hydrogen-bond acceptors (Lipinski definition) is 7. The molecule has 214 valence electrons. The molecule has 3 amide bonds. The summed E-state index contributed by atoms with van der Waals surface area (Å²) in [6.07, 6.45) is 2.52. The molecule has 0 bridgehead atoms. The van der Waals surface area contributed by atoms with Gasteiger partial charge >= 0.3 is 5.97 Å². The standard InChI is InChI=1S/C27H45N5O6/c1-5-17(4)23(27(37)38)32-26(36)22(15-18-9-11-19(33)12-10-18)31-25(35)21(8-6-7-13-28)30-24(34)20(29)14-16(2)3/h9-12,16-17,20-23,33H,5-8,13-15,28-29H2,1-4H3,(H,30,34)(H,31,35)(H,32,36)(H,37,38). The lowest BCUT2D eigenvalue weighted by molar-refractivity contribution is -0.143. The van der Waals surface area contributed by atoms with Gasteiger partial charge in [-0.25, -0.2) is 4.79 Å². The minimum Gasteiger partial charge on any atom is -0.508 e. The van der Waals surface area contributed by atoms with E-state index in [4.69, 9.17) is 11.5 Å². The minimum absolute atomic E-state index is 0.0427. The maximum atomic E-state index is 13.4. The zero-order chi connectivity index (χ0) is 28.8. The molecule has 1 rings (SSSR count). The fraction of sp³-hybridized carbons (Fsp3) is 0.630. The fourth-order valence-electron chi connectivity index (χ4n) is 3.94. The Labute approximate surface area is 225 Å². The fourth-order valence-corrected chi connectivity index (χ4v) is 3.94. The molecular weight excluding hydrogens is 490 g/mol. The summed E-state index contributed by atoms with van der Waals surface area (Å²) in [4.78, 5) is 51.1. The Morgan fingerprint density at radius 2 is 1.47 bits per heavy atom. The molecular formula is C27H45N5O6. The molecule has 1 aromatic rings. The van der Waals surface area contributed by atoms with Crippen molar-refractivity contribution in [3.63, 3.8) is 0 Å². The lowest BCUT2D eigenvalue weighted by Crippen LogP contribution is -2.58. The number of aromatic hydroxyl groups is 1. The topological polar surface area (TPSA) is 197 Å². The molecule has 0 spiro atoms. The van der Waals surface area contributed by atoms with Gasteiger partial charge in [-0.1, -0.05) is 46.2 Å². The van der Waals surface area contributed by atoms with Crippen LogP contribution in [0.1, 0.15) is 65.4 Å². The van der Waals surface area contributed by atoms with Gasteiger partial charge in [0.25, 0.3) is 0 Å². The number of carboxylic acids is 1. The Balaban J connectivity index is 3.17. The molecule has 11 heteroatoms. The molecule has 5 unspecified atom stereocenters. The molecule has 1 aromatic carbocycles. The van der Waals surface area contributed by atoms with Crippen LogP contribution in [0.3, 0.4) is 0 Å². The van der Waals surface area contributed by atoms with Crippen molar-refractivity contribution in [1.29, 1.82) is 0 Å². The van der Waals surface area contributed by atoms with Gasteiger partial charge in [0.1, 0.15) is 23.9 Å². The van der Waals surface area contributed by atoms with Crippen molar-refractivity contribution in [3.8, 4) is 5.75 Å². The summed E-state index contributed by atoms with van der Waals surface area (Å²) in [6, 6.07) is 2.12. The maximum absolute atomic E-state index is 13.4. The van der Waals surface area contributed by atoms with Crippen LogP contribution in [-0.2, 0) is 25.6 Å². The van der Waals surface area contributed by atoms with Crippen molar-refractivity contribution in [3.05, 3.63) is 29.8 Å². The molecule has 0 aromatic heterocycles. The number of unbranched alkanes of at least 4 members (excludes halogenated alkanes) is 1. The van der Waals surface area contributed by atoms with Crippen LogP contribution in [0.25, 0.3) is 0 Å². The van der Waals surface area contributed by atoms with Crippen LogP contribution in [0.5, 0.6) is 5.75 Å². The van der Waals surface area contributed by atoms with Crippen LogP contribution in [0.4, 0.5) is 0 Å². The smallest absolute Gasteiger partial charge is 0.326 e. The molecule has 5 atom stereocenters. The number of hydrogen-bond donors (Lipinski definition) is 7. The van der Waals surface area contributed by atoms with E-state index in [1.165, 1.54) is 12.1 Å². The summed E-state index contributed by atoms with van der Waals surface area (Å²) in [6.45, 7) is 7.84. The predicted octanol–water partition coefficient (Wildman–Crippen LogP) is 1.02. The third kappa shape index (κ3) is 11.5. The average Bonchev–Trinajstić information content (AvgIpc) is 2.86. The maximum Gasteiger partial charge on any atom is 0.326 e. The number of carbonyl (C=O) groups is 4. The number of nitrogens with two attached hydrogens (primary N) is 2. The van der Waals surface area contributed by atoms with E-state index >= 15 is 0 Å². The molecule has 0 heterocycles. The Morgan fingerprint density at radius 1 is 0.895 bits per heavy atom. The monoisotopic (exact) mass is 535 g/mol. The number of benzene rings is 1. The van der Waals surface area contributed by atoms with Gasteiger partial charge in [-0.3, -0.25) is 14.4 Å². The van der Waals surface area contributed by atoms with Gasteiger partial charge in [0.15, 0.2) is 0 Å². The lowest BCUT2D eigenvalue weighted by Gasteiger charge is -2.27. The number of carboxylic acid groups (broad SMARTS) is 1. The SMILES string of the molecule is CCC(C)C(NC(=O)C(Cc1ccc(O)cc1)NC(=O)C(CCCCN)NC(=O)C(N)CC(C)C)C(=O)O. The lowest BCUT2D eigenvalue weighted by atomic mass is 9.97. The minimum atomic E-state index is -1.17. The third-order valence-corrected chi connectivity index (χ3v) is 6.43. The molecule has 38 heavy (non-hydrogen) atoms. The van der Waals surface area contributed by atoms with E-state index < -0.39 is 47.9 Å². The number of carbonyl (C=O) groups excluding carboxylic acids is 3. The van der Waals surface area contributed by atoms with Gasteiger partial charge in [-0.05, 0) is 61.8 Å². The van der Waals surface area contributed by atoms with E-state index in [0.717, 1.165) is 0 Å². The van der Waals surface area contributed by atoms with Crippen molar-refractivity contribution >= 4 is 23.7 Å². The molecule has 0 aliphatic rings. The third-order valence-electron chi connectivity index (χ3n) is 6.43. The van der Waals surface area contributed by atoms with E-state index in [1.807, 2.05) is 20.8 Å². The summed E-state index contributed by atoms with van der Waals surface area (Å²) in [7, 11) is 0. The van der Waals surface area contributed by atoms with Crippen molar-refractivity contribution in [2.24, 2.45) is 23.3 Å². The van der Waals surface area contributed by atoms with Crippen molar-refractivity contribution in [2.45, 2.75) is 90.4 Å². The molecule has 11 nitrogen and oxygen atoms in total. The molecule has 0 saturated carbocycles. The second-order valence-electron chi connectivity index (χ2n) is 10.2. The molecule has 0 saturated heterocycles. The predicted molar refractivity (Wildman–Crippen MR) is 145 cm³/mol. The zero-order valence-electron chi connectivity index (χ0n) is 22.9. The number of phenols is 1. The summed E-state index contributed by atoms with van der Waals surface area (Å²) in [5.41, 5.74) is 12.2. The molecule has 0 fully saturated rings. The van der Waals surface area contributed by atoms with Gasteiger partial charge in [-0.2, -0.15) is 0 Å². The van der Waals surface area contributed by atoms with Crippen LogP contribution in [-0.4, -0.2) is 64.6 Å². The van der Waals surface area contributed by atoms with E-state index in [1.54, 1.807) is 19.1 Å². The Bertz CT molecular complexity index is 908. The average molecular weight is 536 g/mol. The highest BCUT2D eigenvalue weighted by Gasteiger charge is 2.32. The first-order chi connectivity index (χ1) is 17.9. The second kappa shape index (κ2) is 16.6. The number of phenolic OH excluding ortho intramolecular Hbond substituents is 1. The number of amides is 3. The quantitative estimate of drug-likeness (QED) is 0.143. The molecule has 0 aliphatic carbocycles. The summed E-state index contributed by atoms with van der Waals surface area (Å²) < 4.78 is 0. The van der Waals surface area contributed by atoms with E-state index in [9.17, 15) is 29.4 Å². The van der Waals surface area contributed by atoms with Crippen LogP contribution in [0.2, 0.25) is 0 Å². The highest BCUT2D eigenvalue weighted by molar-refractivity contribution is 5.94. The Hall–Kier alpha value is -3.18. The first-order valence-corrected chi connectivity index (χ1v) is 13.3. The first-order valence-electron chi connectivity index (χ1n) is 13.3. The molecule has 0 radical (unpaired) electrons. The van der Waals surface area contributed by atoms with E-state index in [-0.39, 0.29) is 24.0 Å². The summed E-state index contributed by atoms with van der Waals surface area (Å²) >= 11 is 0. The van der Waals surface area contributed by atoms with Crippen molar-refractivity contribution in [1.82, 2.24) is 16.0 Å². The molecule has 9 N–H and O–H groups in total. The van der Waals surface area contributed by atoms with Crippen molar-refractivity contribution in [2.75, 3.05) is 6.54 Å². The largest absolute Gasteiger partial charge is 0.508 e. The zero-order valence-corrected chi connectivity index (χ0v) is 22.9. The van der Waals surface area contributed by atoms with Crippen LogP contribution in [0.15, 0.2) is 24.3 Å². The van der Waals surface area contributed by atoms with Gasteiger partial charge in [-0.15, -0.1) is 0 Å². The highest BCUT2D eigenvalue weighted by atomic mass is 16.4. The second-order valence-corrected chi connectivity index (χ2v) is 10.2. The van der Waals surface area contributed by atoms with Crippen molar-refractivity contribution < 1.29 is 29.4 Å². The Morgan fingerprint density at radius 3 is 2.00 bits per heavy atom. The van der Waals surface area contributed by atoms with E-state index in [0.29, 0.717) is 44.2 Å². The summed E-state index contributed by atoms with van der Waals surface area (Å²) in [5.74, 6) is -2.99. The Kier molecular flexibility index (Phi) is 14.4. The van der Waals surface area contributed by atoms with Gasteiger partial charge < -0.3 is 37.6 Å². The van der Waals surface area contributed by atoms with Gasteiger partial charge in [0, 0.05) is 6.42 Å². The van der Waals surface area contributed by atoms with Crippen LogP contribution < -0.4 is 27.4 Å². The highest BCUT2D eigenvalue weighted by Crippen LogP contribution is 2.14.